The predicted molar refractivity (Wildman–Crippen MR) is 95.8 cm³/mol. The van der Waals surface area contributed by atoms with Crippen molar-refractivity contribution < 1.29 is 18.7 Å². The molecule has 0 radical (unpaired) electrons. The van der Waals surface area contributed by atoms with Crippen LogP contribution in [0, 0.1) is 0 Å². The minimum Gasteiger partial charge on any atom is -0.467 e. The number of fused-ring (bicyclic) bond motifs is 3. The van der Waals surface area contributed by atoms with Crippen LogP contribution >= 0.6 is 0 Å². The molecular weight excluding hydrogens is 332 g/mol. The summed E-state index contributed by atoms with van der Waals surface area (Å²) in [6.45, 7) is -0.0480. The van der Waals surface area contributed by atoms with Crippen LogP contribution in [0.5, 0.6) is 0 Å². The SMILES string of the molecule is O=C(COC(=O)c1ccc2[nH]c3c(c2c1)CCCC3)NCc1ccco1. The van der Waals surface area contributed by atoms with Gasteiger partial charge in [-0.25, -0.2) is 4.79 Å². The second kappa shape index (κ2) is 7.07. The van der Waals surface area contributed by atoms with Gasteiger partial charge in [-0.15, -0.1) is 0 Å². The molecule has 2 heterocycles. The van der Waals surface area contributed by atoms with Crippen LogP contribution in [-0.2, 0) is 28.9 Å². The zero-order valence-corrected chi connectivity index (χ0v) is 14.3. The molecule has 1 aliphatic carbocycles. The Morgan fingerprint density at radius 1 is 1.19 bits per heavy atom. The molecular formula is C20H20N2O4. The van der Waals surface area contributed by atoms with Gasteiger partial charge in [0, 0.05) is 16.6 Å². The van der Waals surface area contributed by atoms with Crippen LogP contribution in [-0.4, -0.2) is 23.5 Å². The van der Waals surface area contributed by atoms with Crippen molar-refractivity contribution in [2.45, 2.75) is 32.2 Å². The third-order valence-electron chi connectivity index (χ3n) is 4.71. The molecule has 0 spiro atoms. The van der Waals surface area contributed by atoms with Crippen molar-refractivity contribution in [3.63, 3.8) is 0 Å². The van der Waals surface area contributed by atoms with E-state index in [1.807, 2.05) is 12.1 Å². The smallest absolute Gasteiger partial charge is 0.338 e. The van der Waals surface area contributed by atoms with Crippen LogP contribution in [0.1, 0.15) is 40.2 Å². The quantitative estimate of drug-likeness (QED) is 0.691. The fraction of sp³-hybridized carbons (Fsp3) is 0.300. The minimum absolute atomic E-state index is 0.269. The lowest BCUT2D eigenvalue weighted by Crippen LogP contribution is -2.28. The highest BCUT2D eigenvalue weighted by Crippen LogP contribution is 2.29. The number of carbonyl (C=O) groups is 2. The highest BCUT2D eigenvalue weighted by Gasteiger charge is 2.17. The molecule has 0 aliphatic heterocycles. The molecule has 4 rings (SSSR count). The van der Waals surface area contributed by atoms with E-state index in [-0.39, 0.29) is 19.1 Å². The van der Waals surface area contributed by atoms with E-state index >= 15 is 0 Å². The van der Waals surface area contributed by atoms with Gasteiger partial charge < -0.3 is 19.5 Å². The van der Waals surface area contributed by atoms with Crippen molar-refractivity contribution in [3.05, 3.63) is 59.2 Å². The third-order valence-corrected chi connectivity index (χ3v) is 4.71. The van der Waals surface area contributed by atoms with Crippen LogP contribution in [0.2, 0.25) is 0 Å². The number of aromatic nitrogens is 1. The number of aromatic amines is 1. The van der Waals surface area contributed by atoms with Crippen molar-refractivity contribution in [2.24, 2.45) is 0 Å². The Kier molecular flexibility index (Phi) is 4.48. The first-order chi connectivity index (χ1) is 12.7. The highest BCUT2D eigenvalue weighted by atomic mass is 16.5. The first-order valence-electron chi connectivity index (χ1n) is 8.80. The van der Waals surface area contributed by atoms with Crippen LogP contribution < -0.4 is 5.32 Å². The highest BCUT2D eigenvalue weighted by molar-refractivity contribution is 5.97. The first kappa shape index (κ1) is 16.4. The van der Waals surface area contributed by atoms with Crippen molar-refractivity contribution >= 4 is 22.8 Å². The van der Waals surface area contributed by atoms with E-state index in [1.165, 1.54) is 30.4 Å². The van der Waals surface area contributed by atoms with Gasteiger partial charge in [0.2, 0.25) is 0 Å². The number of hydrogen-bond donors (Lipinski definition) is 2. The monoisotopic (exact) mass is 352 g/mol. The molecule has 2 N–H and O–H groups in total. The summed E-state index contributed by atoms with van der Waals surface area (Å²) in [6, 6.07) is 9.00. The topological polar surface area (TPSA) is 84.3 Å². The van der Waals surface area contributed by atoms with Gasteiger partial charge in [-0.1, -0.05) is 0 Å². The lowest BCUT2D eigenvalue weighted by atomic mass is 9.95. The molecule has 0 fully saturated rings. The van der Waals surface area contributed by atoms with Gasteiger partial charge in [0.05, 0.1) is 18.4 Å². The van der Waals surface area contributed by atoms with Crippen LogP contribution in [0.3, 0.4) is 0 Å². The van der Waals surface area contributed by atoms with Crippen LogP contribution in [0.15, 0.2) is 41.0 Å². The molecule has 1 aliphatic rings. The maximum atomic E-state index is 12.3. The number of H-pyrrole nitrogens is 1. The number of rotatable bonds is 5. The van der Waals surface area contributed by atoms with E-state index in [1.54, 1.807) is 18.2 Å². The van der Waals surface area contributed by atoms with E-state index in [0.29, 0.717) is 11.3 Å². The standard InChI is InChI=1S/C20H20N2O4/c23-19(21-11-14-4-3-9-25-14)12-26-20(24)13-7-8-18-16(10-13)15-5-1-2-6-17(15)22-18/h3-4,7-10,22H,1-2,5-6,11-12H2,(H,21,23). The van der Waals surface area contributed by atoms with Crippen molar-refractivity contribution in [1.29, 1.82) is 0 Å². The number of ether oxygens (including phenoxy) is 1. The molecule has 3 aromatic rings. The number of aryl methyl sites for hydroxylation is 2. The Morgan fingerprint density at radius 3 is 2.92 bits per heavy atom. The van der Waals surface area contributed by atoms with E-state index in [9.17, 15) is 9.59 Å². The van der Waals surface area contributed by atoms with E-state index in [2.05, 4.69) is 10.3 Å². The number of amides is 1. The Balaban J connectivity index is 1.39. The fourth-order valence-electron chi connectivity index (χ4n) is 3.40. The molecule has 6 nitrogen and oxygen atoms in total. The number of esters is 1. The molecule has 0 saturated heterocycles. The zero-order valence-electron chi connectivity index (χ0n) is 14.3. The molecule has 26 heavy (non-hydrogen) atoms. The van der Waals surface area contributed by atoms with Crippen molar-refractivity contribution in [2.75, 3.05) is 6.61 Å². The van der Waals surface area contributed by atoms with Gasteiger partial charge in [0.1, 0.15) is 5.76 Å². The number of benzene rings is 1. The average Bonchev–Trinajstić information content (AvgIpc) is 3.31. The van der Waals surface area contributed by atoms with Crippen molar-refractivity contribution in [3.8, 4) is 0 Å². The summed E-state index contributed by atoms with van der Waals surface area (Å²) in [5, 5.41) is 3.72. The lowest BCUT2D eigenvalue weighted by molar-refractivity contribution is -0.124. The minimum atomic E-state index is -0.495. The average molecular weight is 352 g/mol. The summed E-state index contributed by atoms with van der Waals surface area (Å²) in [5.41, 5.74) is 4.08. The number of nitrogens with one attached hydrogen (secondary N) is 2. The van der Waals surface area contributed by atoms with Crippen LogP contribution in [0.4, 0.5) is 0 Å². The first-order valence-corrected chi connectivity index (χ1v) is 8.80. The number of carbonyl (C=O) groups excluding carboxylic acids is 2. The summed E-state index contributed by atoms with van der Waals surface area (Å²) < 4.78 is 10.3. The zero-order chi connectivity index (χ0) is 17.9. The number of hydrogen-bond acceptors (Lipinski definition) is 4. The molecule has 134 valence electrons. The summed E-state index contributed by atoms with van der Waals surface area (Å²) in [6.07, 6.45) is 5.99. The van der Waals surface area contributed by atoms with Gasteiger partial charge >= 0.3 is 5.97 Å². The van der Waals surface area contributed by atoms with Crippen LogP contribution in [0.25, 0.3) is 10.9 Å². The van der Waals surface area contributed by atoms with E-state index in [0.717, 1.165) is 23.7 Å². The second-order valence-corrected chi connectivity index (χ2v) is 6.48. The van der Waals surface area contributed by atoms with Gasteiger partial charge in [0.25, 0.3) is 5.91 Å². The van der Waals surface area contributed by atoms with Crippen molar-refractivity contribution in [1.82, 2.24) is 10.3 Å². The molecule has 0 bridgehead atoms. The summed E-state index contributed by atoms with van der Waals surface area (Å²) >= 11 is 0. The Labute approximate surface area is 150 Å². The Bertz CT molecular complexity index is 940. The number of furan rings is 1. The second-order valence-electron chi connectivity index (χ2n) is 6.48. The van der Waals surface area contributed by atoms with Gasteiger partial charge in [-0.3, -0.25) is 4.79 Å². The summed E-state index contributed by atoms with van der Waals surface area (Å²) in [4.78, 5) is 27.5. The molecule has 1 amide bonds. The normalized spacial score (nSPS) is 13.4. The Morgan fingerprint density at radius 2 is 2.08 bits per heavy atom. The summed E-state index contributed by atoms with van der Waals surface area (Å²) in [5.74, 6) is -0.215. The van der Waals surface area contributed by atoms with Gasteiger partial charge in [-0.05, 0) is 61.6 Å². The Hall–Kier alpha value is -3.02. The third kappa shape index (κ3) is 3.35. The van der Waals surface area contributed by atoms with E-state index < -0.39 is 5.97 Å². The fourth-order valence-corrected chi connectivity index (χ4v) is 3.40. The molecule has 1 aromatic carbocycles. The lowest BCUT2D eigenvalue weighted by Gasteiger charge is -2.10. The van der Waals surface area contributed by atoms with E-state index in [4.69, 9.17) is 9.15 Å². The maximum Gasteiger partial charge on any atom is 0.338 e. The summed E-state index contributed by atoms with van der Waals surface area (Å²) in [7, 11) is 0. The maximum absolute atomic E-state index is 12.3. The largest absolute Gasteiger partial charge is 0.467 e. The molecule has 2 aromatic heterocycles. The van der Waals surface area contributed by atoms with Gasteiger partial charge in [-0.2, -0.15) is 0 Å². The molecule has 0 unspecified atom stereocenters. The molecule has 6 heteroatoms. The van der Waals surface area contributed by atoms with Gasteiger partial charge in [0.15, 0.2) is 6.61 Å². The molecule has 0 saturated carbocycles. The predicted octanol–water partition coefficient (Wildman–Crippen LogP) is 3.11. The molecule has 0 atom stereocenters.